The zero-order chi connectivity index (χ0) is 11.8. The van der Waals surface area contributed by atoms with E-state index >= 15 is 0 Å². The average Bonchev–Trinajstić information content (AvgIpc) is 2.37. The Hall–Kier alpha value is -0.220. The zero-order valence-electron chi connectivity index (χ0n) is 9.82. The van der Waals surface area contributed by atoms with E-state index < -0.39 is 0 Å². The van der Waals surface area contributed by atoms with E-state index in [4.69, 9.17) is 0 Å². The van der Waals surface area contributed by atoms with Gasteiger partial charge in [0.2, 0.25) is 0 Å². The minimum Gasteiger partial charge on any atom is -0.122 e. The molecule has 1 aromatic rings. The minimum absolute atomic E-state index is 0.539. The Kier molecular flexibility index (Phi) is 3.35. The van der Waals surface area contributed by atoms with Crippen LogP contribution in [0.25, 0.3) is 0 Å². The molecule has 2 atom stereocenters. The van der Waals surface area contributed by atoms with Gasteiger partial charge in [0, 0.05) is 10.7 Å². The molecule has 3 rings (SSSR count). The van der Waals surface area contributed by atoms with E-state index in [-0.39, 0.29) is 0 Å². The summed E-state index contributed by atoms with van der Waals surface area (Å²) in [7, 11) is 0. The fourth-order valence-electron chi connectivity index (χ4n) is 2.49. The predicted octanol–water partition coefficient (Wildman–Crippen LogP) is 5.26. The summed E-state index contributed by atoms with van der Waals surface area (Å²) >= 11 is 4.56. The first-order valence-electron chi connectivity index (χ1n) is 6.00. The Bertz CT molecular complexity index is 501. The topological polar surface area (TPSA) is 0 Å². The number of hydrogen-bond donors (Lipinski definition) is 0. The molecule has 0 N–H and O–H groups in total. The first-order valence-corrected chi connectivity index (χ1v) is 8.23. The van der Waals surface area contributed by atoms with Crippen molar-refractivity contribution in [2.24, 2.45) is 5.92 Å². The van der Waals surface area contributed by atoms with Crippen molar-refractivity contribution in [3.05, 3.63) is 58.0 Å². The van der Waals surface area contributed by atoms with Crippen LogP contribution in [0.1, 0.15) is 28.4 Å². The molecule has 2 heteroatoms. The van der Waals surface area contributed by atoms with E-state index in [9.17, 15) is 0 Å². The van der Waals surface area contributed by atoms with Crippen molar-refractivity contribution < 1.29 is 0 Å². The average molecular weight is 354 g/mol. The Morgan fingerprint density at radius 1 is 1.35 bits per heavy atom. The van der Waals surface area contributed by atoms with Crippen molar-refractivity contribution in [1.82, 2.24) is 0 Å². The molecule has 1 aliphatic heterocycles. The maximum Gasteiger partial charge on any atom is 0.0572 e. The lowest BCUT2D eigenvalue weighted by molar-refractivity contribution is 0.693. The summed E-state index contributed by atoms with van der Waals surface area (Å²) in [5.74, 6) is 1.78. The number of benzene rings is 1. The zero-order valence-corrected chi connectivity index (χ0v) is 12.8. The van der Waals surface area contributed by atoms with E-state index in [0.717, 1.165) is 5.75 Å². The third-order valence-electron chi connectivity index (χ3n) is 3.31. The van der Waals surface area contributed by atoms with Gasteiger partial charge in [0.15, 0.2) is 0 Å². The van der Waals surface area contributed by atoms with Gasteiger partial charge in [-0.05, 0) is 29.5 Å². The summed E-state index contributed by atoms with van der Waals surface area (Å²) in [4.78, 5) is 1.46. The van der Waals surface area contributed by atoms with Crippen molar-refractivity contribution >= 4 is 34.4 Å². The van der Waals surface area contributed by atoms with Crippen LogP contribution in [0.5, 0.6) is 0 Å². The third kappa shape index (κ3) is 2.48. The molecule has 0 aromatic heterocycles. The van der Waals surface area contributed by atoms with E-state index in [1.165, 1.54) is 22.5 Å². The standard InChI is InChI=1S/C15H15IS/c1-10-5-13-8-14(6-10)17-9-11-3-2-4-12(7-11)15(13)16/h2-4,6-8,10,15H,5,9H2,1H3. The maximum absolute atomic E-state index is 2.59. The molecule has 88 valence electrons. The van der Waals surface area contributed by atoms with Gasteiger partial charge in [-0.25, -0.2) is 0 Å². The normalized spacial score (nSPS) is 27.4. The smallest absolute Gasteiger partial charge is 0.0572 e. The predicted molar refractivity (Wildman–Crippen MR) is 84.4 cm³/mol. The summed E-state index contributed by atoms with van der Waals surface area (Å²) in [6.07, 6.45) is 6.05. The van der Waals surface area contributed by atoms with Crippen molar-refractivity contribution in [1.29, 1.82) is 0 Å². The molecule has 17 heavy (non-hydrogen) atoms. The van der Waals surface area contributed by atoms with Crippen molar-refractivity contribution in [3.63, 3.8) is 0 Å². The first kappa shape index (κ1) is 11.8. The van der Waals surface area contributed by atoms with Crippen LogP contribution < -0.4 is 0 Å². The highest BCUT2D eigenvalue weighted by molar-refractivity contribution is 14.1. The number of halogens is 1. The molecule has 1 aromatic carbocycles. The summed E-state index contributed by atoms with van der Waals surface area (Å²) in [5.41, 5.74) is 4.50. The van der Waals surface area contributed by atoms with Gasteiger partial charge in [0.1, 0.15) is 0 Å². The third-order valence-corrected chi connectivity index (χ3v) is 5.89. The second kappa shape index (κ2) is 4.81. The monoisotopic (exact) mass is 354 g/mol. The minimum atomic E-state index is 0.539. The molecular formula is C15H15IS. The number of thioether (sulfide) groups is 1. The summed E-state index contributed by atoms with van der Waals surface area (Å²) in [6.45, 7) is 2.32. The first-order chi connectivity index (χ1) is 8.22. The van der Waals surface area contributed by atoms with Crippen LogP contribution in [-0.4, -0.2) is 0 Å². The molecule has 1 heterocycles. The van der Waals surface area contributed by atoms with Crippen molar-refractivity contribution in [2.75, 3.05) is 0 Å². The van der Waals surface area contributed by atoms with Gasteiger partial charge in [-0.3, -0.25) is 0 Å². The highest BCUT2D eigenvalue weighted by atomic mass is 127. The molecule has 2 aliphatic rings. The molecule has 1 aliphatic carbocycles. The SMILES string of the molecule is CC1C=C2C=C(C1)C(I)c1cccc(c1)CS2. The molecule has 0 spiro atoms. The van der Waals surface area contributed by atoms with E-state index in [0.29, 0.717) is 9.84 Å². The Morgan fingerprint density at radius 2 is 2.24 bits per heavy atom. The summed E-state index contributed by atoms with van der Waals surface area (Å²) < 4.78 is 0.539. The fourth-order valence-corrected chi connectivity index (χ4v) is 4.39. The lowest BCUT2D eigenvalue weighted by atomic mass is 9.91. The lowest BCUT2D eigenvalue weighted by Gasteiger charge is -2.21. The van der Waals surface area contributed by atoms with E-state index in [2.05, 4.69) is 65.9 Å². The van der Waals surface area contributed by atoms with Crippen LogP contribution in [0.15, 0.2) is 46.9 Å². The fraction of sp³-hybridized carbons (Fsp3) is 0.333. The number of alkyl halides is 1. The molecule has 2 unspecified atom stereocenters. The summed E-state index contributed by atoms with van der Waals surface area (Å²) in [6, 6.07) is 9.07. The molecule has 4 bridgehead atoms. The molecule has 0 saturated carbocycles. The molecule has 0 nitrogen and oxygen atoms in total. The highest BCUT2D eigenvalue weighted by Crippen LogP contribution is 2.42. The van der Waals surface area contributed by atoms with Gasteiger partial charge >= 0.3 is 0 Å². The van der Waals surface area contributed by atoms with E-state index in [1.807, 2.05) is 11.8 Å². The number of allylic oxidation sites excluding steroid dienone is 3. The van der Waals surface area contributed by atoms with Gasteiger partial charge in [0.25, 0.3) is 0 Å². The largest absolute Gasteiger partial charge is 0.122 e. The number of hydrogen-bond acceptors (Lipinski definition) is 1. The molecule has 0 radical (unpaired) electrons. The molecule has 0 saturated heterocycles. The van der Waals surface area contributed by atoms with Gasteiger partial charge in [0.05, 0.1) is 3.92 Å². The van der Waals surface area contributed by atoms with Gasteiger partial charge in [-0.2, -0.15) is 0 Å². The molecule has 0 amide bonds. The lowest BCUT2D eigenvalue weighted by Crippen LogP contribution is -2.04. The van der Waals surface area contributed by atoms with Gasteiger partial charge in [-0.15, -0.1) is 11.8 Å². The van der Waals surface area contributed by atoms with Crippen LogP contribution in [0.4, 0.5) is 0 Å². The van der Waals surface area contributed by atoms with Crippen molar-refractivity contribution in [2.45, 2.75) is 23.0 Å². The van der Waals surface area contributed by atoms with Crippen LogP contribution in [0.2, 0.25) is 0 Å². The van der Waals surface area contributed by atoms with Crippen LogP contribution in [0.3, 0.4) is 0 Å². The van der Waals surface area contributed by atoms with Gasteiger partial charge in [-0.1, -0.05) is 65.4 Å². The van der Waals surface area contributed by atoms with Gasteiger partial charge < -0.3 is 0 Å². The molecule has 0 fully saturated rings. The highest BCUT2D eigenvalue weighted by Gasteiger charge is 2.21. The van der Waals surface area contributed by atoms with E-state index in [1.54, 1.807) is 5.57 Å². The Labute approximate surface area is 121 Å². The Morgan fingerprint density at radius 3 is 3.12 bits per heavy atom. The quantitative estimate of drug-likeness (QED) is 0.452. The van der Waals surface area contributed by atoms with Crippen LogP contribution in [0, 0.1) is 5.92 Å². The Balaban J connectivity index is 2.08. The number of rotatable bonds is 0. The number of fused-ring (bicyclic) bond motifs is 3. The van der Waals surface area contributed by atoms with Crippen LogP contribution in [-0.2, 0) is 5.75 Å². The summed E-state index contributed by atoms with van der Waals surface area (Å²) in [5, 5.41) is 0. The maximum atomic E-state index is 2.59. The van der Waals surface area contributed by atoms with Crippen LogP contribution >= 0.6 is 34.4 Å². The molecular weight excluding hydrogens is 339 g/mol. The second-order valence-electron chi connectivity index (χ2n) is 4.87. The second-order valence-corrected chi connectivity index (χ2v) is 7.16. The van der Waals surface area contributed by atoms with Crippen molar-refractivity contribution in [3.8, 4) is 0 Å².